The Morgan fingerprint density at radius 1 is 0.655 bits per heavy atom. The van der Waals surface area contributed by atoms with E-state index in [1.807, 2.05) is 0 Å². The topological polar surface area (TPSA) is 21.6 Å². The summed E-state index contributed by atoms with van der Waals surface area (Å²) in [5.41, 5.74) is 14.5. The van der Waals surface area contributed by atoms with Crippen LogP contribution in [0.25, 0.3) is 5.57 Å². The van der Waals surface area contributed by atoms with Crippen molar-refractivity contribution in [3.05, 3.63) is 244 Å². The molecule has 1 unspecified atom stereocenters. The molecule has 2 nitrogen and oxygen atoms in total. The monoisotopic (exact) mass is 713 g/mol. The van der Waals surface area contributed by atoms with Crippen LogP contribution < -0.4 is 4.74 Å². The third-order valence-electron chi connectivity index (χ3n) is 11.4. The summed E-state index contributed by atoms with van der Waals surface area (Å²) in [7, 11) is 0. The van der Waals surface area contributed by atoms with Gasteiger partial charge in [0.1, 0.15) is 11.5 Å². The molecule has 1 heterocycles. The van der Waals surface area contributed by atoms with Crippen LogP contribution in [0.2, 0.25) is 0 Å². The van der Waals surface area contributed by atoms with E-state index in [-0.39, 0.29) is 12.0 Å². The summed E-state index contributed by atoms with van der Waals surface area (Å²) in [6.07, 6.45) is 5.68. The second-order valence-electron chi connectivity index (χ2n) is 14.9. The Kier molecular flexibility index (Phi) is 9.91. The van der Waals surface area contributed by atoms with E-state index in [2.05, 4.69) is 210 Å². The SMILES string of the molecule is C=C(C)C(/N=C(\C(C)=C(/C)C1=C(c2ccccc2C2(c3ccccc3)c3ccccc3Oc3ccccc32)C=CC[C@@H]1C)c1ccccc1)c1ccccc1. The molecule has 2 heteroatoms. The van der Waals surface area contributed by atoms with Gasteiger partial charge >= 0.3 is 0 Å². The number of allylic oxidation sites excluding steroid dienone is 6. The zero-order chi connectivity index (χ0) is 37.9. The minimum absolute atomic E-state index is 0.170. The molecule has 2 atom stereocenters. The van der Waals surface area contributed by atoms with Crippen LogP contribution in [0.15, 0.2) is 210 Å². The first-order chi connectivity index (χ1) is 26.9. The molecule has 1 aliphatic carbocycles. The highest BCUT2D eigenvalue weighted by atomic mass is 16.5. The van der Waals surface area contributed by atoms with Crippen molar-refractivity contribution in [2.45, 2.75) is 45.6 Å². The summed E-state index contributed by atoms with van der Waals surface area (Å²) in [5.74, 6) is 2.04. The lowest BCUT2D eigenvalue weighted by atomic mass is 9.61. The lowest BCUT2D eigenvalue weighted by Crippen LogP contribution is -2.35. The van der Waals surface area contributed by atoms with Gasteiger partial charge in [0.15, 0.2) is 0 Å². The predicted molar refractivity (Wildman–Crippen MR) is 230 cm³/mol. The molecule has 8 rings (SSSR count). The fourth-order valence-corrected chi connectivity index (χ4v) is 8.75. The van der Waals surface area contributed by atoms with Gasteiger partial charge in [0.2, 0.25) is 0 Å². The maximum absolute atomic E-state index is 6.66. The molecule has 0 bridgehead atoms. The average Bonchev–Trinajstić information content (AvgIpc) is 3.23. The Hall–Kier alpha value is -6.25. The largest absolute Gasteiger partial charge is 0.457 e. The standard InChI is InChI=1S/C53H47NO/c1-36(2)51(40-23-9-6-10-24-40)54-52(41-25-11-7-12-26-41)39(5)38(4)50-37(3)22-21-30-44(50)43-29-15-16-31-45(43)53(42-27-13-8-14-28-42)46-32-17-19-34-48(46)55-49-35-20-18-33-47(49)53/h6-21,23-35,37,51H,1,22H2,2-5H3/b39-38+,54-52+/t37-,51?/m0/s1. The first-order valence-corrected chi connectivity index (χ1v) is 19.3. The highest BCUT2D eigenvalue weighted by molar-refractivity contribution is 6.13. The molecule has 0 saturated carbocycles. The van der Waals surface area contributed by atoms with E-state index >= 15 is 0 Å². The molecule has 0 radical (unpaired) electrons. The van der Waals surface area contributed by atoms with Gasteiger partial charge in [0.05, 0.1) is 17.2 Å². The van der Waals surface area contributed by atoms with Crippen molar-refractivity contribution in [1.82, 2.24) is 0 Å². The first kappa shape index (κ1) is 35.8. The van der Waals surface area contributed by atoms with Crippen molar-refractivity contribution in [1.29, 1.82) is 0 Å². The molecule has 0 aromatic heterocycles. The van der Waals surface area contributed by atoms with Crippen LogP contribution in [0, 0.1) is 5.92 Å². The fraction of sp³-hybridized carbons (Fsp3) is 0.151. The lowest BCUT2D eigenvalue weighted by molar-refractivity contribution is 0.434. The number of ether oxygens (including phenoxy) is 1. The van der Waals surface area contributed by atoms with E-state index < -0.39 is 5.41 Å². The van der Waals surface area contributed by atoms with Crippen LogP contribution in [0.1, 0.15) is 79.1 Å². The maximum atomic E-state index is 6.66. The summed E-state index contributed by atoms with van der Waals surface area (Å²) < 4.78 is 6.66. The number of hydrogen-bond donors (Lipinski definition) is 0. The average molecular weight is 714 g/mol. The molecule has 0 spiro atoms. The van der Waals surface area contributed by atoms with Gasteiger partial charge in [-0.1, -0.05) is 183 Å². The van der Waals surface area contributed by atoms with E-state index in [1.54, 1.807) is 0 Å². The number of aliphatic imine (C=N–C) groups is 1. The summed E-state index contributed by atoms with van der Waals surface area (Å²) in [5, 5.41) is 0. The second kappa shape index (κ2) is 15.2. The highest BCUT2D eigenvalue weighted by Crippen LogP contribution is 2.57. The Morgan fingerprint density at radius 3 is 1.80 bits per heavy atom. The molecule has 270 valence electrons. The van der Waals surface area contributed by atoms with Crippen LogP contribution in [-0.2, 0) is 5.41 Å². The number of benzene rings is 6. The van der Waals surface area contributed by atoms with Crippen molar-refractivity contribution in [3.63, 3.8) is 0 Å². The zero-order valence-electron chi connectivity index (χ0n) is 32.2. The molecule has 0 saturated heterocycles. The third kappa shape index (κ3) is 6.42. The number of fused-ring (bicyclic) bond motifs is 2. The Balaban J connectivity index is 1.41. The van der Waals surface area contributed by atoms with Crippen LogP contribution in [0.5, 0.6) is 11.5 Å². The van der Waals surface area contributed by atoms with E-state index in [4.69, 9.17) is 9.73 Å². The van der Waals surface area contributed by atoms with E-state index in [9.17, 15) is 0 Å². The van der Waals surface area contributed by atoms with Crippen LogP contribution in [0.3, 0.4) is 0 Å². The van der Waals surface area contributed by atoms with Gasteiger partial charge in [0, 0.05) is 11.1 Å². The molecule has 6 aromatic carbocycles. The van der Waals surface area contributed by atoms with Gasteiger partial charge in [-0.15, -0.1) is 0 Å². The van der Waals surface area contributed by atoms with Crippen molar-refractivity contribution in [3.8, 4) is 11.5 Å². The first-order valence-electron chi connectivity index (χ1n) is 19.3. The van der Waals surface area contributed by atoms with E-state index in [0.29, 0.717) is 0 Å². The predicted octanol–water partition coefficient (Wildman–Crippen LogP) is 13.7. The molecule has 0 N–H and O–H groups in total. The fourth-order valence-electron chi connectivity index (χ4n) is 8.75. The summed E-state index contributed by atoms with van der Waals surface area (Å²) in [4.78, 5) is 5.55. The van der Waals surface area contributed by atoms with Crippen LogP contribution in [0.4, 0.5) is 0 Å². The number of hydrogen-bond acceptors (Lipinski definition) is 2. The minimum Gasteiger partial charge on any atom is -0.457 e. The number of nitrogens with zero attached hydrogens (tertiary/aromatic N) is 1. The van der Waals surface area contributed by atoms with Gasteiger partial charge < -0.3 is 4.74 Å². The third-order valence-corrected chi connectivity index (χ3v) is 11.4. The lowest BCUT2D eigenvalue weighted by Gasteiger charge is -2.43. The van der Waals surface area contributed by atoms with Crippen molar-refractivity contribution in [2.75, 3.05) is 0 Å². The molecular formula is C53H47NO. The van der Waals surface area contributed by atoms with Crippen molar-refractivity contribution < 1.29 is 4.74 Å². The van der Waals surface area contributed by atoms with Gasteiger partial charge in [-0.25, -0.2) is 0 Å². The molecule has 6 aromatic rings. The molecule has 55 heavy (non-hydrogen) atoms. The molecule has 0 amide bonds. The quantitative estimate of drug-likeness (QED) is 0.108. The Morgan fingerprint density at radius 2 is 1.18 bits per heavy atom. The molecule has 0 fully saturated rings. The van der Waals surface area contributed by atoms with Gasteiger partial charge in [-0.3, -0.25) is 4.99 Å². The summed E-state index contributed by atoms with van der Waals surface area (Å²) in [6, 6.07) is 58.1. The zero-order valence-corrected chi connectivity index (χ0v) is 32.2. The summed E-state index contributed by atoms with van der Waals surface area (Å²) in [6.45, 7) is 13.4. The molecule has 1 aliphatic heterocycles. The molecule has 2 aliphatic rings. The Labute approximate surface area is 326 Å². The maximum Gasteiger partial charge on any atom is 0.132 e. The molecular weight excluding hydrogens is 667 g/mol. The number of para-hydroxylation sites is 2. The summed E-state index contributed by atoms with van der Waals surface area (Å²) >= 11 is 0. The Bertz CT molecular complexity index is 2440. The highest BCUT2D eigenvalue weighted by Gasteiger charge is 2.46. The smallest absolute Gasteiger partial charge is 0.132 e. The minimum atomic E-state index is -0.635. The van der Waals surface area contributed by atoms with Gasteiger partial charge in [-0.05, 0) is 95.4 Å². The second-order valence-corrected chi connectivity index (χ2v) is 14.9. The number of rotatable bonds is 9. The van der Waals surface area contributed by atoms with Crippen LogP contribution >= 0.6 is 0 Å². The van der Waals surface area contributed by atoms with Crippen molar-refractivity contribution >= 4 is 11.3 Å². The van der Waals surface area contributed by atoms with E-state index in [0.717, 1.165) is 51.5 Å². The van der Waals surface area contributed by atoms with Crippen LogP contribution in [-0.4, -0.2) is 5.71 Å². The van der Waals surface area contributed by atoms with E-state index in [1.165, 1.54) is 39.0 Å². The van der Waals surface area contributed by atoms with Crippen molar-refractivity contribution in [2.24, 2.45) is 10.9 Å². The van der Waals surface area contributed by atoms with Gasteiger partial charge in [-0.2, -0.15) is 0 Å². The normalized spacial score (nSPS) is 17.0. The van der Waals surface area contributed by atoms with Gasteiger partial charge in [0.25, 0.3) is 0 Å².